The molecule has 0 heterocycles. The molecule has 0 radical (unpaired) electrons. The van der Waals surface area contributed by atoms with Crippen LogP contribution in [0.4, 0.5) is 0 Å². The predicted octanol–water partition coefficient (Wildman–Crippen LogP) is 1.10. The summed E-state index contributed by atoms with van der Waals surface area (Å²) in [6.45, 7) is 3.56. The van der Waals surface area contributed by atoms with Crippen LogP contribution in [0.5, 0.6) is 0 Å². The molecule has 1 atom stereocenters. The Kier molecular flexibility index (Phi) is 8.57. The average molecular weight is 177 g/mol. The highest BCUT2D eigenvalue weighted by Crippen LogP contribution is 1.97. The van der Waals surface area contributed by atoms with Crippen molar-refractivity contribution < 1.29 is 5.11 Å². The highest BCUT2D eigenvalue weighted by atomic mass is 32.2. The van der Waals surface area contributed by atoms with Gasteiger partial charge in [-0.25, -0.2) is 0 Å². The van der Waals surface area contributed by atoms with Crippen molar-refractivity contribution in [2.75, 3.05) is 25.1 Å². The zero-order valence-corrected chi connectivity index (χ0v) is 8.28. The van der Waals surface area contributed by atoms with E-state index in [9.17, 15) is 0 Å². The van der Waals surface area contributed by atoms with E-state index in [0.29, 0.717) is 0 Å². The van der Waals surface area contributed by atoms with Gasteiger partial charge in [-0.05, 0) is 38.3 Å². The van der Waals surface area contributed by atoms with Gasteiger partial charge in [0.05, 0.1) is 6.10 Å². The second-order valence-electron chi connectivity index (χ2n) is 2.75. The van der Waals surface area contributed by atoms with Gasteiger partial charge in [-0.3, -0.25) is 0 Å². The second-order valence-corrected chi connectivity index (χ2v) is 3.74. The first-order valence-electron chi connectivity index (χ1n) is 4.15. The van der Waals surface area contributed by atoms with Crippen LogP contribution in [-0.2, 0) is 0 Å². The number of aliphatic hydroxyl groups excluding tert-OH is 1. The number of hydrogen-bond acceptors (Lipinski definition) is 3. The number of rotatable bonds is 7. The molecular weight excluding hydrogens is 158 g/mol. The fourth-order valence-electron chi connectivity index (χ4n) is 0.807. The van der Waals surface area contributed by atoms with Crippen LogP contribution in [0.2, 0.25) is 0 Å². The number of nitrogens with one attached hydrogen (secondary N) is 1. The minimum Gasteiger partial charge on any atom is -0.392 e. The van der Waals surface area contributed by atoms with Crippen LogP contribution >= 0.6 is 11.8 Å². The van der Waals surface area contributed by atoms with Crippen molar-refractivity contribution in [1.82, 2.24) is 5.32 Å². The van der Waals surface area contributed by atoms with E-state index in [2.05, 4.69) is 11.6 Å². The molecule has 0 aliphatic rings. The molecule has 0 aromatic carbocycles. The van der Waals surface area contributed by atoms with Crippen molar-refractivity contribution in [3.8, 4) is 0 Å². The maximum atomic E-state index is 8.89. The molecule has 68 valence electrons. The lowest BCUT2D eigenvalue weighted by Crippen LogP contribution is -2.25. The monoisotopic (exact) mass is 177 g/mol. The van der Waals surface area contributed by atoms with Crippen molar-refractivity contribution >= 4 is 11.8 Å². The van der Waals surface area contributed by atoms with Crippen molar-refractivity contribution in [2.45, 2.75) is 25.9 Å². The lowest BCUT2D eigenvalue weighted by molar-refractivity contribution is 0.191. The van der Waals surface area contributed by atoms with Crippen molar-refractivity contribution in [2.24, 2.45) is 0 Å². The number of thioether (sulfide) groups is 1. The smallest absolute Gasteiger partial charge is 0.0636 e. The first-order chi connectivity index (χ1) is 5.27. The number of hydrogen-bond donors (Lipinski definition) is 2. The summed E-state index contributed by atoms with van der Waals surface area (Å²) >= 11 is 1.89. The van der Waals surface area contributed by atoms with Crippen molar-refractivity contribution in [1.29, 1.82) is 0 Å². The Bertz CT molecular complexity index is 78.5. The maximum Gasteiger partial charge on any atom is 0.0636 e. The molecule has 0 saturated carbocycles. The van der Waals surface area contributed by atoms with Crippen LogP contribution in [0.3, 0.4) is 0 Å². The zero-order valence-electron chi connectivity index (χ0n) is 7.47. The molecule has 2 N–H and O–H groups in total. The first-order valence-corrected chi connectivity index (χ1v) is 5.54. The van der Waals surface area contributed by atoms with Crippen LogP contribution in [-0.4, -0.2) is 36.3 Å². The topological polar surface area (TPSA) is 32.3 Å². The Morgan fingerprint density at radius 1 is 1.45 bits per heavy atom. The van der Waals surface area contributed by atoms with Crippen LogP contribution in [0.15, 0.2) is 0 Å². The molecular formula is C8H19NOS. The lowest BCUT2D eigenvalue weighted by atomic mass is 10.3. The lowest BCUT2D eigenvalue weighted by Gasteiger charge is -2.05. The van der Waals surface area contributed by atoms with E-state index in [1.165, 1.54) is 18.6 Å². The summed E-state index contributed by atoms with van der Waals surface area (Å²) < 4.78 is 0. The Balaban J connectivity index is 2.80. The molecule has 11 heavy (non-hydrogen) atoms. The third kappa shape index (κ3) is 10.3. The molecule has 0 aliphatic carbocycles. The predicted molar refractivity (Wildman–Crippen MR) is 52.2 cm³/mol. The SMILES string of the molecule is CSCCCCNC[C@@H](C)O. The van der Waals surface area contributed by atoms with Gasteiger partial charge in [0.2, 0.25) is 0 Å². The van der Waals surface area contributed by atoms with Gasteiger partial charge < -0.3 is 10.4 Å². The van der Waals surface area contributed by atoms with E-state index in [4.69, 9.17) is 5.11 Å². The van der Waals surface area contributed by atoms with Gasteiger partial charge in [0, 0.05) is 6.54 Å². The quantitative estimate of drug-likeness (QED) is 0.571. The maximum absolute atomic E-state index is 8.89. The van der Waals surface area contributed by atoms with Crippen molar-refractivity contribution in [3.05, 3.63) is 0 Å². The van der Waals surface area contributed by atoms with Gasteiger partial charge in [-0.1, -0.05) is 0 Å². The molecule has 0 amide bonds. The Morgan fingerprint density at radius 3 is 2.73 bits per heavy atom. The van der Waals surface area contributed by atoms with E-state index in [1.54, 1.807) is 6.92 Å². The molecule has 0 aromatic rings. The van der Waals surface area contributed by atoms with Crippen LogP contribution < -0.4 is 5.32 Å². The Morgan fingerprint density at radius 2 is 2.18 bits per heavy atom. The standard InChI is InChI=1S/C8H19NOS/c1-8(10)7-9-5-3-4-6-11-2/h8-10H,3-7H2,1-2H3/t8-/m1/s1. The van der Waals surface area contributed by atoms with E-state index in [1.807, 2.05) is 11.8 Å². The van der Waals surface area contributed by atoms with Crippen LogP contribution in [0, 0.1) is 0 Å². The summed E-state index contributed by atoms with van der Waals surface area (Å²) in [7, 11) is 0. The molecule has 0 rings (SSSR count). The molecule has 0 fully saturated rings. The van der Waals surface area contributed by atoms with Gasteiger partial charge in [0.1, 0.15) is 0 Å². The molecule has 2 nitrogen and oxygen atoms in total. The van der Waals surface area contributed by atoms with Gasteiger partial charge in [-0.15, -0.1) is 0 Å². The second kappa shape index (κ2) is 8.37. The van der Waals surface area contributed by atoms with Crippen LogP contribution in [0.25, 0.3) is 0 Å². The molecule has 0 aromatic heterocycles. The molecule has 0 unspecified atom stereocenters. The number of unbranched alkanes of at least 4 members (excludes halogenated alkanes) is 1. The summed E-state index contributed by atoms with van der Waals surface area (Å²) in [5.41, 5.74) is 0. The van der Waals surface area contributed by atoms with Gasteiger partial charge >= 0.3 is 0 Å². The van der Waals surface area contributed by atoms with Crippen molar-refractivity contribution in [3.63, 3.8) is 0 Å². The molecule has 0 saturated heterocycles. The zero-order chi connectivity index (χ0) is 8.53. The average Bonchev–Trinajstić information content (AvgIpc) is 1.96. The Labute approximate surface area is 73.8 Å². The van der Waals surface area contributed by atoms with E-state index >= 15 is 0 Å². The van der Waals surface area contributed by atoms with Gasteiger partial charge in [0.15, 0.2) is 0 Å². The van der Waals surface area contributed by atoms with Crippen LogP contribution in [0.1, 0.15) is 19.8 Å². The minimum atomic E-state index is -0.212. The van der Waals surface area contributed by atoms with Gasteiger partial charge in [-0.2, -0.15) is 11.8 Å². The molecule has 3 heteroatoms. The van der Waals surface area contributed by atoms with E-state index in [0.717, 1.165) is 13.1 Å². The Hall–Kier alpha value is 0.270. The van der Waals surface area contributed by atoms with E-state index in [-0.39, 0.29) is 6.10 Å². The highest BCUT2D eigenvalue weighted by Gasteiger charge is 1.92. The number of aliphatic hydroxyl groups is 1. The summed E-state index contributed by atoms with van der Waals surface area (Å²) in [6, 6.07) is 0. The summed E-state index contributed by atoms with van der Waals surface area (Å²) in [5, 5.41) is 12.1. The largest absolute Gasteiger partial charge is 0.392 e. The highest BCUT2D eigenvalue weighted by molar-refractivity contribution is 7.98. The van der Waals surface area contributed by atoms with E-state index < -0.39 is 0 Å². The third-order valence-corrected chi connectivity index (χ3v) is 2.09. The fourth-order valence-corrected chi connectivity index (χ4v) is 1.30. The molecule has 0 bridgehead atoms. The normalized spacial score (nSPS) is 13.4. The summed E-state index contributed by atoms with van der Waals surface area (Å²) in [6.07, 6.45) is 4.40. The molecule has 0 spiro atoms. The molecule has 0 aliphatic heterocycles. The fraction of sp³-hybridized carbons (Fsp3) is 1.00. The first kappa shape index (κ1) is 11.3. The summed E-state index contributed by atoms with van der Waals surface area (Å²) in [4.78, 5) is 0. The summed E-state index contributed by atoms with van der Waals surface area (Å²) in [5.74, 6) is 1.25. The van der Waals surface area contributed by atoms with Gasteiger partial charge in [0.25, 0.3) is 0 Å². The minimum absolute atomic E-state index is 0.212. The third-order valence-electron chi connectivity index (χ3n) is 1.39.